The van der Waals surface area contributed by atoms with Crippen LogP contribution in [0, 0.1) is 11.6 Å². The summed E-state index contributed by atoms with van der Waals surface area (Å²) >= 11 is 0. The van der Waals surface area contributed by atoms with Crippen LogP contribution in [-0.4, -0.2) is 31.7 Å². The lowest BCUT2D eigenvalue weighted by atomic mass is 10.3. The van der Waals surface area contributed by atoms with Crippen LogP contribution in [0.1, 0.15) is 11.5 Å². The molecule has 0 saturated carbocycles. The molecule has 22 heavy (non-hydrogen) atoms. The smallest absolute Gasteiger partial charge is 0.151 e. The summed E-state index contributed by atoms with van der Waals surface area (Å²) in [4.78, 5) is 9.18. The van der Waals surface area contributed by atoms with Gasteiger partial charge in [0.05, 0.1) is 12.2 Å². The van der Waals surface area contributed by atoms with Crippen molar-refractivity contribution in [2.45, 2.75) is 13.1 Å². The molecule has 0 aliphatic carbocycles. The van der Waals surface area contributed by atoms with E-state index in [1.807, 2.05) is 11.9 Å². The first kappa shape index (κ1) is 14.4. The predicted molar refractivity (Wildman–Crippen MR) is 77.2 cm³/mol. The number of rotatable bonds is 5. The Labute approximate surface area is 126 Å². The average molecular weight is 303 g/mol. The van der Waals surface area contributed by atoms with E-state index in [4.69, 9.17) is 0 Å². The summed E-state index contributed by atoms with van der Waals surface area (Å²) in [7, 11) is 1.92. The molecule has 5 nitrogen and oxygen atoms in total. The van der Waals surface area contributed by atoms with E-state index in [1.54, 1.807) is 24.7 Å². The van der Waals surface area contributed by atoms with Gasteiger partial charge in [-0.25, -0.2) is 18.4 Å². The number of hydrogen-bond donors (Lipinski definition) is 1. The molecule has 0 amide bonds. The zero-order valence-corrected chi connectivity index (χ0v) is 12.0. The Morgan fingerprint density at radius 1 is 1.18 bits per heavy atom. The molecule has 2 aromatic heterocycles. The maximum atomic E-state index is 13.7. The number of nitrogens with zero attached hydrogens (tertiary/aromatic N) is 4. The first-order valence-corrected chi connectivity index (χ1v) is 6.79. The lowest BCUT2D eigenvalue weighted by molar-refractivity contribution is 0.307. The molecule has 114 valence electrons. The van der Waals surface area contributed by atoms with Crippen molar-refractivity contribution in [3.8, 4) is 5.69 Å². The summed E-state index contributed by atoms with van der Waals surface area (Å²) in [5, 5.41) is 4.24. The molecule has 1 aromatic carbocycles. The normalized spacial score (nSPS) is 11.3. The van der Waals surface area contributed by atoms with Gasteiger partial charge in [0.1, 0.15) is 11.5 Å². The average Bonchev–Trinajstić information content (AvgIpc) is 3.11. The van der Waals surface area contributed by atoms with Crippen LogP contribution in [0.15, 0.2) is 42.9 Å². The van der Waals surface area contributed by atoms with Crippen molar-refractivity contribution in [1.82, 2.24) is 24.6 Å². The van der Waals surface area contributed by atoms with Crippen LogP contribution in [0.2, 0.25) is 0 Å². The Morgan fingerprint density at radius 3 is 2.64 bits per heavy atom. The van der Waals surface area contributed by atoms with Crippen LogP contribution in [0.25, 0.3) is 5.69 Å². The Bertz CT molecular complexity index is 731. The highest BCUT2D eigenvalue weighted by atomic mass is 19.1. The quantitative estimate of drug-likeness (QED) is 0.788. The van der Waals surface area contributed by atoms with E-state index < -0.39 is 11.6 Å². The molecule has 0 atom stereocenters. The number of aromatic nitrogens is 4. The summed E-state index contributed by atoms with van der Waals surface area (Å²) < 4.78 is 28.7. The summed E-state index contributed by atoms with van der Waals surface area (Å²) in [5.41, 5.74) is 0.555. The van der Waals surface area contributed by atoms with Gasteiger partial charge in [-0.1, -0.05) is 6.07 Å². The number of halogens is 2. The Balaban J connectivity index is 1.74. The molecular formula is C15H15F2N5. The van der Waals surface area contributed by atoms with Gasteiger partial charge in [-0.05, 0) is 25.2 Å². The monoisotopic (exact) mass is 303 g/mol. The molecule has 3 aromatic rings. The van der Waals surface area contributed by atoms with Crippen molar-refractivity contribution in [3.63, 3.8) is 0 Å². The second kappa shape index (κ2) is 6.07. The van der Waals surface area contributed by atoms with Crippen molar-refractivity contribution >= 4 is 0 Å². The van der Waals surface area contributed by atoms with Crippen molar-refractivity contribution in [1.29, 1.82) is 0 Å². The molecule has 7 heteroatoms. The van der Waals surface area contributed by atoms with Gasteiger partial charge < -0.3 is 4.98 Å². The number of para-hydroxylation sites is 1. The highest BCUT2D eigenvalue weighted by Gasteiger charge is 2.13. The zero-order valence-electron chi connectivity index (χ0n) is 12.0. The van der Waals surface area contributed by atoms with Gasteiger partial charge in [0.25, 0.3) is 0 Å². The number of nitrogens with one attached hydrogen (secondary N) is 1. The third kappa shape index (κ3) is 3.04. The molecule has 0 spiro atoms. The van der Waals surface area contributed by atoms with E-state index in [2.05, 4.69) is 15.1 Å². The van der Waals surface area contributed by atoms with Gasteiger partial charge in [-0.2, -0.15) is 5.10 Å². The van der Waals surface area contributed by atoms with Crippen molar-refractivity contribution in [3.05, 3.63) is 66.0 Å². The summed E-state index contributed by atoms with van der Waals surface area (Å²) in [6.45, 7) is 1.18. The third-order valence-electron chi connectivity index (χ3n) is 3.22. The molecule has 0 saturated heterocycles. The second-order valence-corrected chi connectivity index (χ2v) is 5.03. The molecule has 0 fully saturated rings. The van der Waals surface area contributed by atoms with E-state index in [-0.39, 0.29) is 5.69 Å². The third-order valence-corrected chi connectivity index (χ3v) is 3.22. The van der Waals surface area contributed by atoms with Crippen LogP contribution in [-0.2, 0) is 13.1 Å². The second-order valence-electron chi connectivity index (χ2n) is 5.03. The minimum absolute atomic E-state index is 0.164. The molecule has 1 N–H and O–H groups in total. The van der Waals surface area contributed by atoms with Gasteiger partial charge in [-0.3, -0.25) is 4.90 Å². The van der Waals surface area contributed by atoms with E-state index in [1.165, 1.54) is 22.9 Å². The zero-order chi connectivity index (χ0) is 15.5. The number of imidazole rings is 1. The Morgan fingerprint density at radius 2 is 1.95 bits per heavy atom. The summed E-state index contributed by atoms with van der Waals surface area (Å²) in [6.07, 6.45) is 5.01. The summed E-state index contributed by atoms with van der Waals surface area (Å²) in [6, 6.07) is 5.49. The fraction of sp³-hybridized carbons (Fsp3) is 0.200. The Hall–Kier alpha value is -2.54. The molecule has 0 aliphatic rings. The van der Waals surface area contributed by atoms with Crippen LogP contribution in [0.5, 0.6) is 0 Å². The summed E-state index contributed by atoms with van der Waals surface area (Å²) in [5.74, 6) is -0.431. The molecule has 3 rings (SSSR count). The van der Waals surface area contributed by atoms with E-state index in [9.17, 15) is 8.78 Å². The van der Waals surface area contributed by atoms with Crippen LogP contribution < -0.4 is 0 Å². The van der Waals surface area contributed by atoms with Gasteiger partial charge in [0.2, 0.25) is 0 Å². The van der Waals surface area contributed by atoms with Crippen LogP contribution >= 0.6 is 0 Å². The van der Waals surface area contributed by atoms with Crippen molar-refractivity contribution < 1.29 is 8.78 Å². The number of hydrogen-bond acceptors (Lipinski definition) is 3. The highest BCUT2D eigenvalue weighted by molar-refractivity contribution is 5.34. The molecule has 0 radical (unpaired) electrons. The van der Waals surface area contributed by atoms with Crippen LogP contribution in [0.4, 0.5) is 8.78 Å². The van der Waals surface area contributed by atoms with Gasteiger partial charge in [0, 0.05) is 25.1 Å². The Kier molecular flexibility index (Phi) is 3.97. The van der Waals surface area contributed by atoms with Gasteiger partial charge >= 0.3 is 0 Å². The highest BCUT2D eigenvalue weighted by Crippen LogP contribution is 2.17. The first-order valence-electron chi connectivity index (χ1n) is 6.79. The fourth-order valence-corrected chi connectivity index (χ4v) is 2.25. The van der Waals surface area contributed by atoms with E-state index in [0.29, 0.717) is 13.1 Å². The van der Waals surface area contributed by atoms with Gasteiger partial charge in [0.15, 0.2) is 11.6 Å². The predicted octanol–water partition coefficient (Wildman–Crippen LogP) is 2.51. The largest absolute Gasteiger partial charge is 0.348 e. The minimum atomic E-state index is -0.640. The molecule has 0 bridgehead atoms. The van der Waals surface area contributed by atoms with Gasteiger partial charge in [-0.15, -0.1) is 0 Å². The lowest BCUT2D eigenvalue weighted by Crippen LogP contribution is -2.18. The molecular weight excluding hydrogens is 288 g/mol. The van der Waals surface area contributed by atoms with Crippen molar-refractivity contribution in [2.24, 2.45) is 0 Å². The SMILES string of the molecule is CN(Cc1ccn(-c2c(F)cccc2F)n1)Cc1ncc[nH]1. The topological polar surface area (TPSA) is 49.7 Å². The molecule has 2 heterocycles. The standard InChI is InChI=1S/C15H15F2N5/c1-21(10-14-18-6-7-19-14)9-11-5-8-22(20-11)15-12(16)3-2-4-13(15)17/h2-8H,9-10H2,1H3,(H,18,19). The minimum Gasteiger partial charge on any atom is -0.348 e. The number of aromatic amines is 1. The maximum Gasteiger partial charge on any atom is 0.151 e. The van der Waals surface area contributed by atoms with E-state index in [0.717, 1.165) is 11.5 Å². The molecule has 0 unspecified atom stereocenters. The van der Waals surface area contributed by atoms with Crippen LogP contribution in [0.3, 0.4) is 0 Å². The fourth-order valence-electron chi connectivity index (χ4n) is 2.25. The number of H-pyrrole nitrogens is 1. The number of benzene rings is 1. The lowest BCUT2D eigenvalue weighted by Gasteiger charge is -2.13. The van der Waals surface area contributed by atoms with Crippen molar-refractivity contribution in [2.75, 3.05) is 7.05 Å². The van der Waals surface area contributed by atoms with E-state index >= 15 is 0 Å². The maximum absolute atomic E-state index is 13.7. The first-order chi connectivity index (χ1) is 10.6. The molecule has 0 aliphatic heterocycles.